The average Bonchev–Trinajstić information content (AvgIpc) is 3.27. The average molecular weight is 376 g/mol. The summed E-state index contributed by atoms with van der Waals surface area (Å²) in [5, 5.41) is 8.04. The van der Waals surface area contributed by atoms with Crippen molar-refractivity contribution in [2.24, 2.45) is 5.92 Å². The van der Waals surface area contributed by atoms with Gasteiger partial charge in [0, 0.05) is 31.4 Å². The molecule has 1 aliphatic heterocycles. The van der Waals surface area contributed by atoms with E-state index < -0.39 is 0 Å². The molecule has 8 heteroatoms. The fourth-order valence-corrected chi connectivity index (χ4v) is 3.78. The van der Waals surface area contributed by atoms with Crippen LogP contribution in [-0.2, 0) is 11.3 Å². The maximum Gasteiger partial charge on any atom is 0.286 e. The van der Waals surface area contributed by atoms with Crippen molar-refractivity contribution < 1.29 is 14.0 Å². The quantitative estimate of drug-likeness (QED) is 0.776. The minimum atomic E-state index is -0.324. The summed E-state index contributed by atoms with van der Waals surface area (Å²) in [7, 11) is 0. The summed E-state index contributed by atoms with van der Waals surface area (Å²) in [4.78, 5) is 30.6. The van der Waals surface area contributed by atoms with Gasteiger partial charge in [0.1, 0.15) is 0 Å². The van der Waals surface area contributed by atoms with E-state index >= 15 is 0 Å². The van der Waals surface area contributed by atoms with Crippen LogP contribution in [0.5, 0.6) is 0 Å². The van der Waals surface area contributed by atoms with E-state index in [0.717, 1.165) is 31.2 Å². The van der Waals surface area contributed by atoms with Gasteiger partial charge in [0.2, 0.25) is 5.91 Å². The lowest BCUT2D eigenvalue weighted by Crippen LogP contribution is -2.33. The third-order valence-corrected chi connectivity index (χ3v) is 5.11. The summed E-state index contributed by atoms with van der Waals surface area (Å²) >= 11 is 1.43. The van der Waals surface area contributed by atoms with Crippen LogP contribution >= 0.6 is 11.3 Å². The lowest BCUT2D eigenvalue weighted by molar-refractivity contribution is -0.116. The maximum atomic E-state index is 12.0. The zero-order valence-electron chi connectivity index (χ0n) is 14.9. The second kappa shape index (κ2) is 8.95. The molecule has 7 nitrogen and oxygen atoms in total. The first-order valence-electron chi connectivity index (χ1n) is 8.88. The van der Waals surface area contributed by atoms with Crippen molar-refractivity contribution in [1.29, 1.82) is 0 Å². The second-order valence-electron chi connectivity index (χ2n) is 6.66. The molecule has 1 fully saturated rings. The Hall–Kier alpha value is -2.19. The number of carbonyl (C=O) groups excluding carboxylic acids is 2. The zero-order chi connectivity index (χ0) is 18.4. The van der Waals surface area contributed by atoms with Crippen molar-refractivity contribution in [3.05, 3.63) is 35.2 Å². The summed E-state index contributed by atoms with van der Waals surface area (Å²) in [5.74, 6) is 0.479. The van der Waals surface area contributed by atoms with E-state index in [0.29, 0.717) is 5.13 Å². The van der Waals surface area contributed by atoms with Crippen LogP contribution in [0.15, 0.2) is 28.2 Å². The largest absolute Gasteiger partial charge is 0.459 e. The number of thiazole rings is 1. The Bertz CT molecular complexity index is 729. The van der Waals surface area contributed by atoms with Gasteiger partial charge in [0.05, 0.1) is 12.0 Å². The number of carbonyl (C=O) groups is 2. The molecule has 0 aliphatic carbocycles. The van der Waals surface area contributed by atoms with Crippen LogP contribution < -0.4 is 10.6 Å². The van der Waals surface area contributed by atoms with Crippen molar-refractivity contribution in [3.8, 4) is 0 Å². The predicted molar refractivity (Wildman–Crippen MR) is 100 cm³/mol. The molecule has 2 amide bonds. The van der Waals surface area contributed by atoms with Crippen LogP contribution in [-0.4, -0.2) is 41.3 Å². The SMILES string of the molecule is CC1CCCN(Cc2csc(NC(=O)CCNC(=O)c3ccco3)n2)C1. The molecule has 1 atom stereocenters. The normalized spacial score (nSPS) is 17.8. The number of piperidine rings is 1. The molecule has 140 valence electrons. The fraction of sp³-hybridized carbons (Fsp3) is 0.500. The molecular formula is C18H24N4O3S. The molecule has 0 radical (unpaired) electrons. The van der Waals surface area contributed by atoms with E-state index in [4.69, 9.17) is 4.42 Å². The number of likely N-dealkylation sites (tertiary alicyclic amines) is 1. The van der Waals surface area contributed by atoms with Crippen molar-refractivity contribution in [3.63, 3.8) is 0 Å². The molecule has 2 N–H and O–H groups in total. The summed E-state index contributed by atoms with van der Waals surface area (Å²) < 4.78 is 5.00. The van der Waals surface area contributed by atoms with Crippen molar-refractivity contribution in [2.75, 3.05) is 25.0 Å². The molecule has 1 saturated heterocycles. The first-order valence-corrected chi connectivity index (χ1v) is 9.76. The molecule has 26 heavy (non-hydrogen) atoms. The van der Waals surface area contributed by atoms with Gasteiger partial charge in [-0.25, -0.2) is 4.98 Å². The zero-order valence-corrected chi connectivity index (χ0v) is 15.7. The molecule has 2 aromatic heterocycles. The molecule has 2 aromatic rings. The first-order chi connectivity index (χ1) is 12.6. The summed E-state index contributed by atoms with van der Waals surface area (Å²) in [6.07, 6.45) is 4.15. The van der Waals surface area contributed by atoms with Crippen LogP contribution in [0, 0.1) is 5.92 Å². The number of anilines is 1. The highest BCUT2D eigenvalue weighted by atomic mass is 32.1. The summed E-state index contributed by atoms with van der Waals surface area (Å²) in [5.41, 5.74) is 0.991. The molecule has 0 saturated carbocycles. The maximum absolute atomic E-state index is 12.0. The molecule has 0 aromatic carbocycles. The van der Waals surface area contributed by atoms with Gasteiger partial charge < -0.3 is 15.1 Å². The Labute approximate surface area is 156 Å². The van der Waals surface area contributed by atoms with Crippen molar-refractivity contribution in [1.82, 2.24) is 15.2 Å². The third kappa shape index (κ3) is 5.40. The van der Waals surface area contributed by atoms with E-state index in [2.05, 4.69) is 27.4 Å². The van der Waals surface area contributed by atoms with Gasteiger partial charge in [-0.2, -0.15) is 0 Å². The number of furan rings is 1. The minimum Gasteiger partial charge on any atom is -0.459 e. The predicted octanol–water partition coefficient (Wildman–Crippen LogP) is 2.73. The van der Waals surface area contributed by atoms with Crippen LogP contribution in [0.4, 0.5) is 5.13 Å². The second-order valence-corrected chi connectivity index (χ2v) is 7.52. The summed E-state index contributed by atoms with van der Waals surface area (Å²) in [6.45, 7) is 5.57. The van der Waals surface area contributed by atoms with Crippen LogP contribution in [0.2, 0.25) is 0 Å². The minimum absolute atomic E-state index is 0.169. The number of hydrogen-bond acceptors (Lipinski definition) is 6. The highest BCUT2D eigenvalue weighted by Crippen LogP contribution is 2.20. The number of amides is 2. The highest BCUT2D eigenvalue weighted by molar-refractivity contribution is 7.13. The monoisotopic (exact) mass is 376 g/mol. The van der Waals surface area contributed by atoms with Crippen molar-refractivity contribution >= 4 is 28.3 Å². The Morgan fingerprint density at radius 2 is 2.35 bits per heavy atom. The molecule has 3 heterocycles. The van der Waals surface area contributed by atoms with Gasteiger partial charge in [-0.15, -0.1) is 11.3 Å². The number of rotatable bonds is 7. The number of aromatic nitrogens is 1. The van der Waals surface area contributed by atoms with E-state index in [1.54, 1.807) is 12.1 Å². The standard InChI is InChI=1S/C18H24N4O3S/c1-13-4-2-8-22(10-13)11-14-12-26-18(20-14)21-16(23)6-7-19-17(24)15-5-3-9-25-15/h3,5,9,12-13H,2,4,6-8,10-11H2,1H3,(H,19,24)(H,20,21,23). The van der Waals surface area contributed by atoms with Gasteiger partial charge in [-0.05, 0) is 37.4 Å². The molecule has 1 unspecified atom stereocenters. The van der Waals surface area contributed by atoms with Crippen LogP contribution in [0.25, 0.3) is 0 Å². The van der Waals surface area contributed by atoms with Crippen LogP contribution in [0.1, 0.15) is 42.4 Å². The number of nitrogens with zero attached hydrogens (tertiary/aromatic N) is 2. The highest BCUT2D eigenvalue weighted by Gasteiger charge is 2.17. The van der Waals surface area contributed by atoms with Gasteiger partial charge in [-0.3, -0.25) is 14.5 Å². The molecule has 0 bridgehead atoms. The van der Waals surface area contributed by atoms with E-state index in [-0.39, 0.29) is 30.5 Å². The van der Waals surface area contributed by atoms with Crippen molar-refractivity contribution in [2.45, 2.75) is 32.7 Å². The number of nitrogens with one attached hydrogen (secondary N) is 2. The molecular weight excluding hydrogens is 352 g/mol. The lowest BCUT2D eigenvalue weighted by Gasteiger charge is -2.30. The van der Waals surface area contributed by atoms with Gasteiger partial charge in [0.25, 0.3) is 5.91 Å². The lowest BCUT2D eigenvalue weighted by atomic mass is 10.0. The van der Waals surface area contributed by atoms with Gasteiger partial charge >= 0.3 is 0 Å². The number of hydrogen-bond donors (Lipinski definition) is 2. The van der Waals surface area contributed by atoms with Gasteiger partial charge in [-0.1, -0.05) is 6.92 Å². The Morgan fingerprint density at radius 1 is 1.46 bits per heavy atom. The van der Waals surface area contributed by atoms with E-state index in [1.807, 2.05) is 5.38 Å². The topological polar surface area (TPSA) is 87.5 Å². The molecule has 1 aliphatic rings. The third-order valence-electron chi connectivity index (χ3n) is 4.31. The Morgan fingerprint density at radius 3 is 3.12 bits per heavy atom. The van der Waals surface area contributed by atoms with E-state index in [9.17, 15) is 9.59 Å². The van der Waals surface area contributed by atoms with Gasteiger partial charge in [0.15, 0.2) is 10.9 Å². The molecule has 0 spiro atoms. The summed E-state index contributed by atoms with van der Waals surface area (Å²) in [6, 6.07) is 3.22. The van der Waals surface area contributed by atoms with E-state index in [1.165, 1.54) is 30.4 Å². The first kappa shape index (κ1) is 18.6. The van der Waals surface area contributed by atoms with Crippen LogP contribution in [0.3, 0.4) is 0 Å². The smallest absolute Gasteiger partial charge is 0.286 e. The fourth-order valence-electron chi connectivity index (χ4n) is 3.06. The Kier molecular flexibility index (Phi) is 6.40. The molecule has 3 rings (SSSR count). The Balaban J connectivity index is 1.39.